The summed E-state index contributed by atoms with van der Waals surface area (Å²) in [4.78, 5) is 0. The Balaban J connectivity index is 2.99. The largest absolute Gasteiger partial charge is 0.365 e. The lowest BCUT2D eigenvalue weighted by molar-refractivity contribution is -0.140. The van der Waals surface area contributed by atoms with Gasteiger partial charge in [-0.1, -0.05) is 6.92 Å². The van der Waals surface area contributed by atoms with Crippen LogP contribution in [0.1, 0.15) is 33.1 Å². The lowest BCUT2D eigenvalue weighted by Crippen LogP contribution is -2.37. The molecule has 0 unspecified atom stereocenters. The molecule has 0 saturated carbocycles. The van der Waals surface area contributed by atoms with Gasteiger partial charge in [-0.2, -0.15) is 0 Å². The van der Waals surface area contributed by atoms with Crippen LogP contribution in [0.4, 0.5) is 0 Å². The lowest BCUT2D eigenvalue weighted by Gasteiger charge is -2.16. The summed E-state index contributed by atoms with van der Waals surface area (Å²) in [5.74, 6) is -1.58. The van der Waals surface area contributed by atoms with E-state index in [1.54, 1.807) is 0 Å². The number of aliphatic hydroxyl groups is 2. The van der Waals surface area contributed by atoms with Crippen LogP contribution in [0.5, 0.6) is 0 Å². The highest BCUT2D eigenvalue weighted by molar-refractivity contribution is 4.60. The van der Waals surface area contributed by atoms with Crippen LogP contribution in [-0.2, 0) is 0 Å². The fourth-order valence-electron chi connectivity index (χ4n) is 1.13. The Kier molecular flexibility index (Phi) is 8.08. The van der Waals surface area contributed by atoms with Crippen LogP contribution >= 0.6 is 0 Å². The van der Waals surface area contributed by atoms with E-state index in [0.717, 1.165) is 32.5 Å². The van der Waals surface area contributed by atoms with Gasteiger partial charge in [-0.3, -0.25) is 0 Å². The molecule has 0 fully saturated rings. The minimum Gasteiger partial charge on any atom is -0.365 e. The molecule has 0 aromatic heterocycles. The van der Waals surface area contributed by atoms with E-state index in [2.05, 4.69) is 17.6 Å². The van der Waals surface area contributed by atoms with Crippen molar-refractivity contribution in [2.75, 3.05) is 26.2 Å². The summed E-state index contributed by atoms with van der Waals surface area (Å²) < 4.78 is 0. The number of rotatable bonds is 9. The van der Waals surface area contributed by atoms with Crippen molar-refractivity contribution >= 4 is 0 Å². The molecule has 0 bridgehead atoms. The Labute approximate surface area is 86.7 Å². The van der Waals surface area contributed by atoms with Crippen LogP contribution in [0, 0.1) is 0 Å². The fraction of sp³-hybridized carbons (Fsp3) is 1.00. The van der Waals surface area contributed by atoms with E-state index in [0.29, 0.717) is 0 Å². The minimum absolute atomic E-state index is 0.232. The summed E-state index contributed by atoms with van der Waals surface area (Å²) in [5.41, 5.74) is 0. The topological polar surface area (TPSA) is 64.5 Å². The van der Waals surface area contributed by atoms with Crippen molar-refractivity contribution in [2.45, 2.75) is 38.9 Å². The summed E-state index contributed by atoms with van der Waals surface area (Å²) in [5, 5.41) is 24.2. The maximum Gasteiger partial charge on any atom is 0.172 e. The molecular formula is C10H24N2O2. The number of unbranched alkanes of at least 4 members (excludes halogenated alkanes) is 1. The van der Waals surface area contributed by atoms with Crippen molar-refractivity contribution < 1.29 is 10.2 Å². The number of nitrogens with one attached hydrogen (secondary N) is 2. The van der Waals surface area contributed by atoms with Crippen molar-refractivity contribution in [3.8, 4) is 0 Å². The highest BCUT2D eigenvalue weighted by Crippen LogP contribution is 1.93. The van der Waals surface area contributed by atoms with Crippen molar-refractivity contribution in [3.63, 3.8) is 0 Å². The third-order valence-electron chi connectivity index (χ3n) is 1.84. The Hall–Kier alpha value is -0.160. The highest BCUT2D eigenvalue weighted by Gasteiger charge is 2.12. The second-order valence-electron chi connectivity index (χ2n) is 3.85. The van der Waals surface area contributed by atoms with Crippen LogP contribution in [-0.4, -0.2) is 42.2 Å². The van der Waals surface area contributed by atoms with E-state index < -0.39 is 5.79 Å². The molecule has 4 heteroatoms. The molecule has 0 heterocycles. The lowest BCUT2D eigenvalue weighted by atomic mass is 10.3. The summed E-state index contributed by atoms with van der Waals surface area (Å²) >= 11 is 0. The molecular weight excluding hydrogens is 180 g/mol. The quantitative estimate of drug-likeness (QED) is 0.317. The molecule has 0 rings (SSSR count). The smallest absolute Gasteiger partial charge is 0.172 e. The van der Waals surface area contributed by atoms with Crippen LogP contribution in [0.25, 0.3) is 0 Å². The minimum atomic E-state index is -1.58. The Bertz CT molecular complexity index is 124. The molecule has 14 heavy (non-hydrogen) atoms. The molecule has 0 radical (unpaired) electrons. The van der Waals surface area contributed by atoms with E-state index in [4.69, 9.17) is 10.2 Å². The first-order valence-corrected chi connectivity index (χ1v) is 5.42. The maximum absolute atomic E-state index is 8.97. The van der Waals surface area contributed by atoms with Crippen LogP contribution in [0.15, 0.2) is 0 Å². The van der Waals surface area contributed by atoms with Crippen LogP contribution in [0.3, 0.4) is 0 Å². The SMILES string of the molecule is CCCNCCCCNCC(C)(O)O. The van der Waals surface area contributed by atoms with E-state index in [9.17, 15) is 0 Å². The standard InChI is InChI=1S/C10H24N2O2/c1-3-6-11-7-4-5-8-12-9-10(2,13)14/h11-14H,3-9H2,1-2H3. The molecule has 4 N–H and O–H groups in total. The fourth-order valence-corrected chi connectivity index (χ4v) is 1.13. The summed E-state index contributed by atoms with van der Waals surface area (Å²) in [6, 6.07) is 0. The zero-order valence-electron chi connectivity index (χ0n) is 9.34. The Morgan fingerprint density at radius 1 is 1.00 bits per heavy atom. The van der Waals surface area contributed by atoms with Gasteiger partial charge in [0.05, 0.1) is 0 Å². The summed E-state index contributed by atoms with van der Waals surface area (Å²) in [7, 11) is 0. The normalized spacial score (nSPS) is 12.0. The number of hydrogen-bond acceptors (Lipinski definition) is 4. The number of hydrogen-bond donors (Lipinski definition) is 4. The van der Waals surface area contributed by atoms with Gasteiger partial charge in [0.15, 0.2) is 5.79 Å². The zero-order chi connectivity index (χ0) is 10.9. The molecule has 0 aromatic carbocycles. The van der Waals surface area contributed by atoms with Gasteiger partial charge in [-0.05, 0) is 45.8 Å². The summed E-state index contributed by atoms with van der Waals surface area (Å²) in [6.45, 7) is 6.73. The van der Waals surface area contributed by atoms with E-state index in [-0.39, 0.29) is 6.54 Å². The van der Waals surface area contributed by atoms with Crippen molar-refractivity contribution in [1.82, 2.24) is 10.6 Å². The third kappa shape index (κ3) is 11.8. The average molecular weight is 204 g/mol. The first-order valence-electron chi connectivity index (χ1n) is 5.42. The molecule has 4 nitrogen and oxygen atoms in total. The molecule has 86 valence electrons. The van der Waals surface area contributed by atoms with Gasteiger partial charge in [0, 0.05) is 6.54 Å². The van der Waals surface area contributed by atoms with Gasteiger partial charge >= 0.3 is 0 Å². The highest BCUT2D eigenvalue weighted by atomic mass is 16.5. The third-order valence-corrected chi connectivity index (χ3v) is 1.84. The molecule has 0 aliphatic heterocycles. The monoisotopic (exact) mass is 204 g/mol. The molecule has 0 aromatic rings. The predicted octanol–water partition coefficient (Wildman–Crippen LogP) is 0.0566. The van der Waals surface area contributed by atoms with Gasteiger partial charge in [-0.25, -0.2) is 0 Å². The average Bonchev–Trinajstić information content (AvgIpc) is 2.08. The molecule has 0 spiro atoms. The van der Waals surface area contributed by atoms with Crippen LogP contribution in [0.2, 0.25) is 0 Å². The first-order chi connectivity index (χ1) is 6.56. The molecule has 0 aliphatic rings. The van der Waals surface area contributed by atoms with Crippen molar-refractivity contribution in [2.24, 2.45) is 0 Å². The second-order valence-corrected chi connectivity index (χ2v) is 3.85. The second kappa shape index (κ2) is 8.17. The summed E-state index contributed by atoms with van der Waals surface area (Å²) in [6.07, 6.45) is 3.36. The zero-order valence-corrected chi connectivity index (χ0v) is 9.34. The van der Waals surface area contributed by atoms with Crippen molar-refractivity contribution in [1.29, 1.82) is 0 Å². The first kappa shape index (κ1) is 13.8. The Morgan fingerprint density at radius 2 is 1.57 bits per heavy atom. The predicted molar refractivity (Wildman–Crippen MR) is 58.1 cm³/mol. The Morgan fingerprint density at radius 3 is 2.07 bits per heavy atom. The molecule has 0 aliphatic carbocycles. The van der Waals surface area contributed by atoms with E-state index >= 15 is 0 Å². The van der Waals surface area contributed by atoms with Gasteiger partial charge in [0.25, 0.3) is 0 Å². The molecule has 0 amide bonds. The molecule has 0 atom stereocenters. The molecule has 0 saturated heterocycles. The van der Waals surface area contributed by atoms with Crippen LogP contribution < -0.4 is 10.6 Å². The van der Waals surface area contributed by atoms with Crippen molar-refractivity contribution in [3.05, 3.63) is 0 Å². The van der Waals surface area contributed by atoms with Gasteiger partial charge in [0.2, 0.25) is 0 Å². The van der Waals surface area contributed by atoms with Gasteiger partial charge in [0.1, 0.15) is 0 Å². The maximum atomic E-state index is 8.97. The van der Waals surface area contributed by atoms with Gasteiger partial charge < -0.3 is 20.8 Å². The van der Waals surface area contributed by atoms with E-state index in [1.165, 1.54) is 13.3 Å². The van der Waals surface area contributed by atoms with E-state index in [1.807, 2.05) is 0 Å². The van der Waals surface area contributed by atoms with Gasteiger partial charge in [-0.15, -0.1) is 0 Å².